The zero-order chi connectivity index (χ0) is 27.5. The summed E-state index contributed by atoms with van der Waals surface area (Å²) in [7, 11) is 0. The second kappa shape index (κ2) is 11.6. The molecule has 2 atom stereocenters. The van der Waals surface area contributed by atoms with Gasteiger partial charge in [-0.05, 0) is 67.1 Å². The third-order valence-electron chi connectivity index (χ3n) is 7.87. The SMILES string of the molecule is Cc1cc(N2CC(C)CC(C)C2)nc2ccc(NC(=O)CCC(=O)N3CCN(c4ccccc4F)CC3)cc12. The van der Waals surface area contributed by atoms with Crippen LogP contribution in [0, 0.1) is 24.6 Å². The minimum atomic E-state index is -0.250. The summed E-state index contributed by atoms with van der Waals surface area (Å²) in [4.78, 5) is 36.4. The average molecular weight is 532 g/mol. The van der Waals surface area contributed by atoms with Crippen LogP contribution in [0.25, 0.3) is 10.9 Å². The Balaban J connectivity index is 1.14. The van der Waals surface area contributed by atoms with Gasteiger partial charge in [-0.2, -0.15) is 0 Å². The van der Waals surface area contributed by atoms with Crippen molar-refractivity contribution in [3.63, 3.8) is 0 Å². The van der Waals surface area contributed by atoms with Crippen LogP contribution in [0.3, 0.4) is 0 Å². The molecule has 2 fully saturated rings. The largest absolute Gasteiger partial charge is 0.366 e. The number of benzene rings is 2. The van der Waals surface area contributed by atoms with E-state index in [4.69, 9.17) is 4.98 Å². The van der Waals surface area contributed by atoms with Gasteiger partial charge >= 0.3 is 0 Å². The number of piperazine rings is 1. The number of hydrogen-bond acceptors (Lipinski definition) is 5. The number of anilines is 3. The summed E-state index contributed by atoms with van der Waals surface area (Å²) in [5, 5.41) is 3.96. The molecule has 8 heteroatoms. The highest BCUT2D eigenvalue weighted by atomic mass is 19.1. The van der Waals surface area contributed by atoms with E-state index in [1.54, 1.807) is 17.0 Å². The number of rotatable bonds is 6. The normalized spacial score (nSPS) is 19.8. The van der Waals surface area contributed by atoms with Crippen LogP contribution in [0.2, 0.25) is 0 Å². The lowest BCUT2D eigenvalue weighted by Gasteiger charge is -2.36. The van der Waals surface area contributed by atoms with Gasteiger partial charge in [0.1, 0.15) is 11.6 Å². The number of piperidine rings is 1. The molecule has 5 rings (SSSR count). The fourth-order valence-electron chi connectivity index (χ4n) is 5.97. The number of hydrogen-bond donors (Lipinski definition) is 1. The van der Waals surface area contributed by atoms with Crippen molar-refractivity contribution >= 4 is 39.9 Å². The Labute approximate surface area is 230 Å². The van der Waals surface area contributed by atoms with Gasteiger partial charge in [-0.1, -0.05) is 26.0 Å². The molecule has 3 aromatic rings. The predicted octanol–water partition coefficient (Wildman–Crippen LogP) is 5.23. The van der Waals surface area contributed by atoms with Crippen LogP contribution in [0.4, 0.5) is 21.6 Å². The molecule has 1 N–H and O–H groups in total. The number of fused-ring (bicyclic) bond motifs is 1. The fraction of sp³-hybridized carbons (Fsp3) is 0.452. The molecule has 0 saturated carbocycles. The maximum atomic E-state index is 14.1. The molecule has 2 amide bonds. The quantitative estimate of drug-likeness (QED) is 0.472. The number of aryl methyl sites for hydroxylation is 1. The summed E-state index contributed by atoms with van der Waals surface area (Å²) in [5.74, 6) is 1.83. The molecule has 3 heterocycles. The van der Waals surface area contributed by atoms with Gasteiger partial charge in [0.2, 0.25) is 11.8 Å². The third kappa shape index (κ3) is 6.32. The van der Waals surface area contributed by atoms with Crippen LogP contribution in [0.15, 0.2) is 48.5 Å². The van der Waals surface area contributed by atoms with Gasteiger partial charge in [0.25, 0.3) is 0 Å². The second-order valence-electron chi connectivity index (χ2n) is 11.2. The minimum Gasteiger partial charge on any atom is -0.366 e. The Morgan fingerprint density at radius 2 is 1.67 bits per heavy atom. The zero-order valence-corrected chi connectivity index (χ0v) is 23.1. The smallest absolute Gasteiger partial charge is 0.224 e. The first-order valence-corrected chi connectivity index (χ1v) is 14.0. The number of amides is 2. The lowest BCUT2D eigenvalue weighted by Crippen LogP contribution is -2.49. The Bertz CT molecular complexity index is 1340. The van der Waals surface area contributed by atoms with Gasteiger partial charge in [-0.3, -0.25) is 9.59 Å². The van der Waals surface area contributed by atoms with Crippen LogP contribution in [-0.4, -0.2) is 61.0 Å². The lowest BCUT2D eigenvalue weighted by molar-refractivity contribution is -0.133. The molecule has 206 valence electrons. The molecule has 2 saturated heterocycles. The monoisotopic (exact) mass is 531 g/mol. The Hall–Kier alpha value is -3.68. The number of halogens is 1. The van der Waals surface area contributed by atoms with Crippen molar-refractivity contribution in [3.8, 4) is 0 Å². The molecule has 7 nitrogen and oxygen atoms in total. The first-order chi connectivity index (χ1) is 18.8. The number of nitrogens with one attached hydrogen (secondary N) is 1. The van der Waals surface area contributed by atoms with Crippen molar-refractivity contribution in [2.24, 2.45) is 11.8 Å². The van der Waals surface area contributed by atoms with Crippen molar-refractivity contribution in [1.82, 2.24) is 9.88 Å². The van der Waals surface area contributed by atoms with Crippen LogP contribution in [-0.2, 0) is 9.59 Å². The molecule has 0 radical (unpaired) electrons. The standard InChI is InChI=1S/C31H38FN5O2/c1-21-16-22(2)20-37(19-21)29-17-23(3)25-18-24(8-9-27(25)34-29)33-30(38)10-11-31(39)36-14-12-35(13-15-36)28-7-5-4-6-26(28)32/h4-9,17-18,21-22H,10-16,19-20H2,1-3H3,(H,33,38). The average Bonchev–Trinajstić information content (AvgIpc) is 2.92. The van der Waals surface area contributed by atoms with E-state index in [1.165, 1.54) is 12.5 Å². The van der Waals surface area contributed by atoms with Gasteiger partial charge in [0, 0.05) is 63.2 Å². The van der Waals surface area contributed by atoms with E-state index in [2.05, 4.69) is 37.1 Å². The Morgan fingerprint density at radius 1 is 0.949 bits per heavy atom. The summed E-state index contributed by atoms with van der Waals surface area (Å²) >= 11 is 0. The molecular formula is C31H38FN5O2. The molecule has 2 aromatic carbocycles. The van der Waals surface area contributed by atoms with Crippen molar-refractivity contribution in [2.45, 2.75) is 40.0 Å². The van der Waals surface area contributed by atoms with Crippen LogP contribution < -0.4 is 15.1 Å². The summed E-state index contributed by atoms with van der Waals surface area (Å²) in [6.45, 7) is 10.9. The van der Waals surface area contributed by atoms with Crippen LogP contribution in [0.5, 0.6) is 0 Å². The van der Waals surface area contributed by atoms with E-state index in [9.17, 15) is 14.0 Å². The topological polar surface area (TPSA) is 68.8 Å². The first kappa shape index (κ1) is 26.9. The van der Waals surface area contributed by atoms with Crippen LogP contribution >= 0.6 is 0 Å². The summed E-state index contributed by atoms with van der Waals surface area (Å²) in [6, 6.07) is 14.6. The number of aromatic nitrogens is 1. The summed E-state index contributed by atoms with van der Waals surface area (Å²) in [5.41, 5.74) is 3.31. The van der Waals surface area contributed by atoms with Crippen molar-refractivity contribution < 1.29 is 14.0 Å². The van der Waals surface area contributed by atoms with Crippen molar-refractivity contribution in [1.29, 1.82) is 0 Å². The number of nitrogens with zero attached hydrogens (tertiary/aromatic N) is 4. The van der Waals surface area contributed by atoms with Crippen molar-refractivity contribution in [2.75, 3.05) is 54.4 Å². The number of carbonyl (C=O) groups is 2. The Kier molecular flexibility index (Phi) is 8.00. The van der Waals surface area contributed by atoms with E-state index in [0.29, 0.717) is 49.4 Å². The van der Waals surface area contributed by atoms with Crippen molar-refractivity contribution in [3.05, 3.63) is 59.9 Å². The Morgan fingerprint density at radius 3 is 2.38 bits per heavy atom. The second-order valence-corrected chi connectivity index (χ2v) is 11.2. The van der Waals surface area contributed by atoms with E-state index in [-0.39, 0.29) is 30.5 Å². The highest BCUT2D eigenvalue weighted by Gasteiger charge is 2.24. The molecule has 1 aromatic heterocycles. The zero-order valence-electron chi connectivity index (χ0n) is 23.1. The van der Waals surface area contributed by atoms with Gasteiger partial charge < -0.3 is 20.0 Å². The number of pyridine rings is 1. The molecule has 0 spiro atoms. The molecule has 0 bridgehead atoms. The molecule has 0 aliphatic carbocycles. The third-order valence-corrected chi connectivity index (χ3v) is 7.87. The minimum absolute atomic E-state index is 0.0502. The molecule has 2 unspecified atom stereocenters. The maximum absolute atomic E-state index is 14.1. The van der Waals surface area contributed by atoms with Gasteiger partial charge in [0.05, 0.1) is 11.2 Å². The van der Waals surface area contributed by atoms with E-state index in [1.807, 2.05) is 29.2 Å². The van der Waals surface area contributed by atoms with E-state index in [0.717, 1.165) is 35.4 Å². The first-order valence-electron chi connectivity index (χ1n) is 14.0. The molecule has 2 aliphatic rings. The van der Waals surface area contributed by atoms with Gasteiger partial charge in [-0.15, -0.1) is 0 Å². The number of carbonyl (C=O) groups excluding carboxylic acids is 2. The lowest BCUT2D eigenvalue weighted by atomic mass is 9.92. The predicted molar refractivity (Wildman–Crippen MR) is 155 cm³/mol. The van der Waals surface area contributed by atoms with Gasteiger partial charge in [0.15, 0.2) is 0 Å². The fourth-order valence-corrected chi connectivity index (χ4v) is 5.97. The molecule has 39 heavy (non-hydrogen) atoms. The number of para-hydroxylation sites is 1. The molecular weight excluding hydrogens is 493 g/mol. The summed E-state index contributed by atoms with van der Waals surface area (Å²) in [6.07, 6.45) is 1.52. The van der Waals surface area contributed by atoms with E-state index < -0.39 is 0 Å². The van der Waals surface area contributed by atoms with Gasteiger partial charge in [-0.25, -0.2) is 9.37 Å². The molecule has 2 aliphatic heterocycles. The van der Waals surface area contributed by atoms with Crippen LogP contribution in [0.1, 0.15) is 38.7 Å². The maximum Gasteiger partial charge on any atom is 0.224 e. The highest BCUT2D eigenvalue weighted by molar-refractivity contribution is 5.96. The highest BCUT2D eigenvalue weighted by Crippen LogP contribution is 2.29. The summed E-state index contributed by atoms with van der Waals surface area (Å²) < 4.78 is 14.1. The van der Waals surface area contributed by atoms with E-state index >= 15 is 0 Å².